The molecule has 0 atom stereocenters. The Morgan fingerprint density at radius 3 is 2.55 bits per heavy atom. The predicted octanol–water partition coefficient (Wildman–Crippen LogP) is 1.98. The molecule has 0 aliphatic carbocycles. The number of pyridine rings is 1. The number of rotatable bonds is 4. The van der Waals surface area contributed by atoms with Gasteiger partial charge in [0.1, 0.15) is 11.3 Å². The number of benzene rings is 1. The van der Waals surface area contributed by atoms with Gasteiger partial charge in [-0.1, -0.05) is 11.6 Å². The highest BCUT2D eigenvalue weighted by Crippen LogP contribution is 2.25. The average molecular weight is 272 g/mol. The fourth-order valence-electron chi connectivity index (χ4n) is 1.60. The Balaban J connectivity index is 2.30. The lowest BCUT2D eigenvalue weighted by molar-refractivity contribution is 0.0693. The van der Waals surface area contributed by atoms with Gasteiger partial charge in [0.05, 0.1) is 5.56 Å². The van der Waals surface area contributed by atoms with Crippen LogP contribution in [0.3, 0.4) is 0 Å². The number of carbonyl (C=O) groups excluding carboxylic acids is 1. The van der Waals surface area contributed by atoms with Crippen LogP contribution in [0.2, 0.25) is 0 Å². The SMILES string of the molecule is Cc1ccc(Oc2ccc(C(N)=O)cn2)c(C(=O)O)c1. The number of hydrogen-bond donors (Lipinski definition) is 2. The van der Waals surface area contributed by atoms with Gasteiger partial charge in [0, 0.05) is 12.3 Å². The summed E-state index contributed by atoms with van der Waals surface area (Å²) in [6, 6.07) is 7.71. The first-order chi connectivity index (χ1) is 9.47. The molecule has 0 aliphatic heterocycles. The molecule has 0 unspecified atom stereocenters. The number of aromatic carboxylic acids is 1. The van der Waals surface area contributed by atoms with E-state index in [1.807, 2.05) is 0 Å². The van der Waals surface area contributed by atoms with Crippen molar-refractivity contribution < 1.29 is 19.4 Å². The van der Waals surface area contributed by atoms with Crippen molar-refractivity contribution in [2.75, 3.05) is 0 Å². The largest absolute Gasteiger partial charge is 0.478 e. The second-order valence-corrected chi connectivity index (χ2v) is 4.16. The van der Waals surface area contributed by atoms with Crippen LogP contribution in [0.25, 0.3) is 0 Å². The van der Waals surface area contributed by atoms with Gasteiger partial charge in [-0.05, 0) is 25.1 Å². The van der Waals surface area contributed by atoms with Crippen molar-refractivity contribution in [2.45, 2.75) is 6.92 Å². The highest BCUT2D eigenvalue weighted by molar-refractivity contribution is 5.92. The van der Waals surface area contributed by atoms with Crippen molar-refractivity contribution in [2.24, 2.45) is 5.73 Å². The predicted molar refractivity (Wildman–Crippen MR) is 71.0 cm³/mol. The standard InChI is InChI=1S/C14H12N2O4/c1-8-2-4-11(10(6-8)14(18)19)20-12-5-3-9(7-16-12)13(15)17/h2-7H,1H3,(H2,15,17)(H,18,19). The number of carboxylic acids is 1. The van der Waals surface area contributed by atoms with E-state index in [2.05, 4.69) is 4.98 Å². The third kappa shape index (κ3) is 2.92. The number of aryl methyl sites for hydroxylation is 1. The molecule has 1 amide bonds. The maximum atomic E-state index is 11.1. The van der Waals surface area contributed by atoms with Crippen molar-refractivity contribution in [3.63, 3.8) is 0 Å². The molecule has 0 bridgehead atoms. The van der Waals surface area contributed by atoms with Crippen molar-refractivity contribution >= 4 is 11.9 Å². The van der Waals surface area contributed by atoms with E-state index >= 15 is 0 Å². The fraction of sp³-hybridized carbons (Fsp3) is 0.0714. The minimum absolute atomic E-state index is 0.0470. The van der Waals surface area contributed by atoms with Gasteiger partial charge in [0.15, 0.2) is 0 Å². The Labute approximate surface area is 114 Å². The molecule has 6 heteroatoms. The fourth-order valence-corrected chi connectivity index (χ4v) is 1.60. The molecule has 1 aromatic heterocycles. The number of primary amides is 1. The highest BCUT2D eigenvalue weighted by atomic mass is 16.5. The maximum Gasteiger partial charge on any atom is 0.339 e. The van der Waals surface area contributed by atoms with Crippen molar-refractivity contribution in [3.05, 3.63) is 53.2 Å². The first kappa shape index (κ1) is 13.5. The van der Waals surface area contributed by atoms with Gasteiger partial charge in [0.2, 0.25) is 11.8 Å². The van der Waals surface area contributed by atoms with E-state index in [1.165, 1.54) is 24.4 Å². The van der Waals surface area contributed by atoms with Crippen LogP contribution in [0, 0.1) is 6.92 Å². The van der Waals surface area contributed by atoms with Crippen molar-refractivity contribution in [1.82, 2.24) is 4.98 Å². The highest BCUT2D eigenvalue weighted by Gasteiger charge is 2.13. The average Bonchev–Trinajstić information content (AvgIpc) is 2.41. The molecular formula is C14H12N2O4. The molecule has 0 aliphatic rings. The van der Waals surface area contributed by atoms with Crippen LogP contribution in [0.1, 0.15) is 26.3 Å². The van der Waals surface area contributed by atoms with E-state index in [1.54, 1.807) is 19.1 Å². The summed E-state index contributed by atoms with van der Waals surface area (Å²) in [4.78, 5) is 26.0. The van der Waals surface area contributed by atoms with Gasteiger partial charge in [-0.3, -0.25) is 4.79 Å². The van der Waals surface area contributed by atoms with E-state index in [9.17, 15) is 9.59 Å². The molecular weight excluding hydrogens is 260 g/mol. The van der Waals surface area contributed by atoms with Crippen LogP contribution in [0.15, 0.2) is 36.5 Å². The third-order valence-corrected chi connectivity index (χ3v) is 2.60. The molecule has 1 aromatic carbocycles. The summed E-state index contributed by atoms with van der Waals surface area (Å²) >= 11 is 0. The summed E-state index contributed by atoms with van der Waals surface area (Å²) in [5.74, 6) is -1.31. The van der Waals surface area contributed by atoms with Crippen LogP contribution >= 0.6 is 0 Å². The molecule has 0 fully saturated rings. The molecule has 2 rings (SSSR count). The minimum Gasteiger partial charge on any atom is -0.478 e. The Kier molecular flexibility index (Phi) is 3.65. The van der Waals surface area contributed by atoms with Crippen molar-refractivity contribution in [1.29, 1.82) is 0 Å². The number of ether oxygens (including phenoxy) is 1. The molecule has 0 saturated carbocycles. The third-order valence-electron chi connectivity index (χ3n) is 2.60. The van der Waals surface area contributed by atoms with Crippen LogP contribution < -0.4 is 10.5 Å². The zero-order valence-corrected chi connectivity index (χ0v) is 10.7. The Morgan fingerprint density at radius 2 is 2.00 bits per heavy atom. The lowest BCUT2D eigenvalue weighted by Crippen LogP contribution is -2.11. The molecule has 6 nitrogen and oxygen atoms in total. The van der Waals surface area contributed by atoms with Gasteiger partial charge in [-0.15, -0.1) is 0 Å². The summed E-state index contributed by atoms with van der Waals surface area (Å²) in [6.07, 6.45) is 1.27. The van der Waals surface area contributed by atoms with Crippen LogP contribution in [0.5, 0.6) is 11.6 Å². The number of nitrogens with two attached hydrogens (primary N) is 1. The molecule has 1 heterocycles. The monoisotopic (exact) mass is 272 g/mol. The van der Waals surface area contributed by atoms with E-state index in [-0.39, 0.29) is 22.8 Å². The van der Waals surface area contributed by atoms with Crippen LogP contribution in [-0.4, -0.2) is 22.0 Å². The summed E-state index contributed by atoms with van der Waals surface area (Å²) in [6.45, 7) is 1.79. The molecule has 0 radical (unpaired) electrons. The Bertz CT molecular complexity index is 665. The second-order valence-electron chi connectivity index (χ2n) is 4.16. The quantitative estimate of drug-likeness (QED) is 0.885. The van der Waals surface area contributed by atoms with E-state index in [0.29, 0.717) is 0 Å². The van der Waals surface area contributed by atoms with Gasteiger partial charge in [0.25, 0.3) is 0 Å². The Hall–Kier alpha value is -2.89. The topological polar surface area (TPSA) is 103 Å². The van der Waals surface area contributed by atoms with Gasteiger partial charge in [-0.2, -0.15) is 0 Å². The molecule has 0 saturated heterocycles. The Morgan fingerprint density at radius 1 is 1.25 bits per heavy atom. The number of nitrogens with zero attached hydrogens (tertiary/aromatic N) is 1. The summed E-state index contributed by atoms with van der Waals surface area (Å²) in [5.41, 5.74) is 6.21. The number of amides is 1. The normalized spacial score (nSPS) is 10.1. The second kappa shape index (κ2) is 5.40. The molecule has 20 heavy (non-hydrogen) atoms. The van der Waals surface area contributed by atoms with Crippen LogP contribution in [0.4, 0.5) is 0 Å². The van der Waals surface area contributed by atoms with Crippen molar-refractivity contribution in [3.8, 4) is 11.6 Å². The van der Waals surface area contributed by atoms with Gasteiger partial charge >= 0.3 is 5.97 Å². The van der Waals surface area contributed by atoms with Gasteiger partial charge in [-0.25, -0.2) is 9.78 Å². The summed E-state index contributed by atoms with van der Waals surface area (Å²) < 4.78 is 5.42. The van der Waals surface area contributed by atoms with E-state index < -0.39 is 11.9 Å². The molecule has 102 valence electrons. The molecule has 2 aromatic rings. The molecule has 3 N–H and O–H groups in total. The number of aromatic nitrogens is 1. The summed E-state index contributed by atoms with van der Waals surface area (Å²) in [7, 11) is 0. The zero-order valence-electron chi connectivity index (χ0n) is 10.7. The maximum absolute atomic E-state index is 11.1. The smallest absolute Gasteiger partial charge is 0.339 e. The number of hydrogen-bond acceptors (Lipinski definition) is 4. The lowest BCUT2D eigenvalue weighted by atomic mass is 10.1. The van der Waals surface area contributed by atoms with Gasteiger partial charge < -0.3 is 15.6 Å². The lowest BCUT2D eigenvalue weighted by Gasteiger charge is -2.08. The minimum atomic E-state index is -1.09. The molecule has 0 spiro atoms. The van der Waals surface area contributed by atoms with Crippen LogP contribution in [-0.2, 0) is 0 Å². The zero-order chi connectivity index (χ0) is 14.7. The first-order valence-electron chi connectivity index (χ1n) is 5.75. The van der Waals surface area contributed by atoms with E-state index in [4.69, 9.17) is 15.6 Å². The first-order valence-corrected chi connectivity index (χ1v) is 5.75. The van der Waals surface area contributed by atoms with E-state index in [0.717, 1.165) is 5.56 Å². The number of carbonyl (C=O) groups is 2. The number of carboxylic acid groups (broad SMARTS) is 1. The summed E-state index contributed by atoms with van der Waals surface area (Å²) in [5, 5.41) is 9.12.